The average Bonchev–Trinajstić information content (AvgIpc) is 2.45. The monoisotopic (exact) mass is 277 g/mol. The van der Waals surface area contributed by atoms with Gasteiger partial charge in [-0.3, -0.25) is 4.98 Å². The molecule has 106 valence electrons. The van der Waals surface area contributed by atoms with Gasteiger partial charge < -0.3 is 5.11 Å². The van der Waals surface area contributed by atoms with Gasteiger partial charge in [0, 0.05) is 11.6 Å². The van der Waals surface area contributed by atoms with Gasteiger partial charge >= 0.3 is 0 Å². The Labute approximate surface area is 125 Å². The molecule has 1 aromatic heterocycles. The molecule has 1 atom stereocenters. The highest BCUT2D eigenvalue weighted by molar-refractivity contribution is 5.83. The van der Waals surface area contributed by atoms with Crippen molar-refractivity contribution in [1.29, 1.82) is 0 Å². The molecule has 0 spiro atoms. The van der Waals surface area contributed by atoms with E-state index in [1.807, 2.05) is 49.4 Å². The van der Waals surface area contributed by atoms with Crippen molar-refractivity contribution < 1.29 is 5.11 Å². The van der Waals surface area contributed by atoms with Gasteiger partial charge in [-0.05, 0) is 44.0 Å². The fourth-order valence-electron chi connectivity index (χ4n) is 2.94. The second-order valence-corrected chi connectivity index (χ2v) is 5.82. The van der Waals surface area contributed by atoms with E-state index in [-0.39, 0.29) is 0 Å². The summed E-state index contributed by atoms with van der Waals surface area (Å²) >= 11 is 0. The number of hydrogen-bond acceptors (Lipinski definition) is 2. The van der Waals surface area contributed by atoms with Gasteiger partial charge in [0.05, 0.1) is 5.52 Å². The Balaban J connectivity index is 2.24. The molecule has 3 aromatic rings. The minimum Gasteiger partial charge on any atom is -0.381 e. The summed E-state index contributed by atoms with van der Waals surface area (Å²) < 4.78 is 0. The van der Waals surface area contributed by atoms with Crippen molar-refractivity contribution in [2.24, 2.45) is 0 Å². The number of hydrogen-bond donors (Lipinski definition) is 1. The maximum Gasteiger partial charge on any atom is 0.112 e. The molecule has 0 bridgehead atoms. The lowest BCUT2D eigenvalue weighted by Crippen LogP contribution is -2.23. The fraction of sp³-hybridized carbons (Fsp3) is 0.211. The summed E-state index contributed by atoms with van der Waals surface area (Å²) in [5, 5.41) is 12.2. The smallest absolute Gasteiger partial charge is 0.112 e. The summed E-state index contributed by atoms with van der Waals surface area (Å²) in [6.45, 7) is 5.96. The molecule has 0 radical (unpaired) electrons. The summed E-state index contributed by atoms with van der Waals surface area (Å²) in [6.07, 6.45) is 1.78. The van der Waals surface area contributed by atoms with Crippen LogP contribution in [0, 0.1) is 13.8 Å². The number of nitrogens with zero attached hydrogens (tertiary/aromatic N) is 1. The lowest BCUT2D eigenvalue weighted by molar-refractivity contribution is 0.104. The molecule has 2 nitrogen and oxygen atoms in total. The van der Waals surface area contributed by atoms with E-state index in [0.717, 1.165) is 33.2 Å². The van der Waals surface area contributed by atoms with Crippen molar-refractivity contribution in [2.75, 3.05) is 0 Å². The van der Waals surface area contributed by atoms with Crippen LogP contribution in [0.15, 0.2) is 54.7 Å². The molecule has 0 amide bonds. The third-order valence-corrected chi connectivity index (χ3v) is 3.95. The van der Waals surface area contributed by atoms with Gasteiger partial charge in [0.25, 0.3) is 0 Å². The third kappa shape index (κ3) is 2.43. The fourth-order valence-corrected chi connectivity index (χ4v) is 2.94. The van der Waals surface area contributed by atoms with Crippen LogP contribution in [0.25, 0.3) is 10.9 Å². The first kappa shape index (κ1) is 13.8. The first-order chi connectivity index (χ1) is 9.98. The first-order valence-corrected chi connectivity index (χ1v) is 7.14. The number of aliphatic hydroxyl groups is 1. The Morgan fingerprint density at radius 3 is 2.38 bits per heavy atom. The summed E-state index contributed by atoms with van der Waals surface area (Å²) in [6, 6.07) is 16.0. The van der Waals surface area contributed by atoms with Crippen LogP contribution in [0.1, 0.15) is 29.2 Å². The van der Waals surface area contributed by atoms with Crippen molar-refractivity contribution in [3.63, 3.8) is 0 Å². The zero-order valence-corrected chi connectivity index (χ0v) is 12.6. The predicted octanol–water partition coefficient (Wildman–Crippen LogP) is 4.11. The van der Waals surface area contributed by atoms with Gasteiger partial charge in [-0.15, -0.1) is 0 Å². The van der Waals surface area contributed by atoms with Gasteiger partial charge in [0.1, 0.15) is 5.60 Å². The molecule has 1 unspecified atom stereocenters. The normalized spacial score (nSPS) is 14.1. The lowest BCUT2D eigenvalue weighted by Gasteiger charge is -2.26. The molecule has 21 heavy (non-hydrogen) atoms. The van der Waals surface area contributed by atoms with E-state index in [2.05, 4.69) is 24.9 Å². The number of benzene rings is 2. The van der Waals surface area contributed by atoms with Crippen molar-refractivity contribution in [2.45, 2.75) is 26.4 Å². The molecule has 0 aliphatic carbocycles. The Hall–Kier alpha value is -2.19. The molecule has 0 saturated heterocycles. The van der Waals surface area contributed by atoms with E-state index in [1.54, 1.807) is 6.20 Å². The highest BCUT2D eigenvalue weighted by atomic mass is 16.3. The summed E-state index contributed by atoms with van der Waals surface area (Å²) in [5.41, 5.74) is 3.97. The maximum atomic E-state index is 11.2. The quantitative estimate of drug-likeness (QED) is 0.764. The van der Waals surface area contributed by atoms with Crippen LogP contribution in [0.2, 0.25) is 0 Å². The Kier molecular flexibility index (Phi) is 3.26. The van der Waals surface area contributed by atoms with Gasteiger partial charge in [0.2, 0.25) is 0 Å². The zero-order chi connectivity index (χ0) is 15.0. The Morgan fingerprint density at radius 2 is 1.67 bits per heavy atom. The molecular formula is C19H19NO. The van der Waals surface area contributed by atoms with E-state index in [1.165, 1.54) is 0 Å². The molecule has 1 N–H and O–H groups in total. The van der Waals surface area contributed by atoms with Crippen molar-refractivity contribution in [3.05, 3.63) is 77.0 Å². The molecule has 0 aliphatic rings. The standard InChI is InChI=1S/C19H19NO/c1-13-10-14(2)12-15(11-13)19(3,21)17-7-4-8-18-16(17)6-5-9-20-18/h4-12,21H,1-3H3. The number of pyridine rings is 1. The average molecular weight is 277 g/mol. The molecule has 3 rings (SSSR count). The summed E-state index contributed by atoms with van der Waals surface area (Å²) in [4.78, 5) is 4.37. The first-order valence-electron chi connectivity index (χ1n) is 7.14. The second-order valence-electron chi connectivity index (χ2n) is 5.82. The zero-order valence-electron chi connectivity index (χ0n) is 12.6. The largest absolute Gasteiger partial charge is 0.381 e. The lowest BCUT2D eigenvalue weighted by atomic mass is 9.84. The topological polar surface area (TPSA) is 33.1 Å². The van der Waals surface area contributed by atoms with E-state index >= 15 is 0 Å². The predicted molar refractivity (Wildman–Crippen MR) is 86.3 cm³/mol. The van der Waals surface area contributed by atoms with Crippen molar-refractivity contribution in [3.8, 4) is 0 Å². The second kappa shape index (κ2) is 4.97. The molecule has 0 fully saturated rings. The highest BCUT2D eigenvalue weighted by Crippen LogP contribution is 2.34. The molecule has 0 saturated carbocycles. The van der Waals surface area contributed by atoms with Crippen LogP contribution < -0.4 is 0 Å². The number of aromatic nitrogens is 1. The van der Waals surface area contributed by atoms with Gasteiger partial charge in [-0.2, -0.15) is 0 Å². The van der Waals surface area contributed by atoms with Crippen LogP contribution >= 0.6 is 0 Å². The van der Waals surface area contributed by atoms with E-state index in [0.29, 0.717) is 0 Å². The highest BCUT2D eigenvalue weighted by Gasteiger charge is 2.27. The van der Waals surface area contributed by atoms with E-state index in [9.17, 15) is 5.11 Å². The van der Waals surface area contributed by atoms with Crippen molar-refractivity contribution in [1.82, 2.24) is 4.98 Å². The molecule has 0 aliphatic heterocycles. The molecule has 1 heterocycles. The molecular weight excluding hydrogens is 258 g/mol. The van der Waals surface area contributed by atoms with Crippen LogP contribution in [0.3, 0.4) is 0 Å². The minimum absolute atomic E-state index is 0.887. The van der Waals surface area contributed by atoms with Crippen LogP contribution in [0.4, 0.5) is 0 Å². The molecule has 2 aromatic carbocycles. The van der Waals surface area contributed by atoms with Crippen molar-refractivity contribution >= 4 is 10.9 Å². The third-order valence-electron chi connectivity index (χ3n) is 3.95. The van der Waals surface area contributed by atoms with Crippen LogP contribution in [-0.2, 0) is 5.60 Å². The number of aryl methyl sites for hydroxylation is 2. The van der Waals surface area contributed by atoms with Crippen LogP contribution in [0.5, 0.6) is 0 Å². The van der Waals surface area contributed by atoms with Gasteiger partial charge in [0.15, 0.2) is 0 Å². The maximum absolute atomic E-state index is 11.2. The number of fused-ring (bicyclic) bond motifs is 1. The van der Waals surface area contributed by atoms with Crippen LogP contribution in [-0.4, -0.2) is 10.1 Å². The summed E-state index contributed by atoms with van der Waals surface area (Å²) in [5.74, 6) is 0. The van der Waals surface area contributed by atoms with Gasteiger partial charge in [-0.25, -0.2) is 0 Å². The van der Waals surface area contributed by atoms with Gasteiger partial charge in [-0.1, -0.05) is 47.5 Å². The van der Waals surface area contributed by atoms with E-state index < -0.39 is 5.60 Å². The Morgan fingerprint density at radius 1 is 0.952 bits per heavy atom. The Bertz CT molecular complexity index is 780. The molecule has 2 heteroatoms. The minimum atomic E-state index is -1.04. The number of rotatable bonds is 2. The SMILES string of the molecule is Cc1cc(C)cc(C(C)(O)c2cccc3ncccc23)c1. The summed E-state index contributed by atoms with van der Waals surface area (Å²) in [7, 11) is 0. The van der Waals surface area contributed by atoms with E-state index in [4.69, 9.17) is 0 Å².